The lowest BCUT2D eigenvalue weighted by Gasteiger charge is -2.37. The number of benzene rings is 1. The molecule has 1 aliphatic carbocycles. The third-order valence-electron chi connectivity index (χ3n) is 5.81. The molecule has 5 nitrogen and oxygen atoms in total. The van der Waals surface area contributed by atoms with Gasteiger partial charge in [0.1, 0.15) is 0 Å². The normalized spacial score (nSPS) is 22.8. The van der Waals surface area contributed by atoms with Crippen LogP contribution in [-0.2, 0) is 9.59 Å². The average Bonchev–Trinajstić information content (AvgIpc) is 2.75. The number of hydrogen-bond donors (Lipinski definition) is 1. The number of terminal acetylenes is 1. The molecule has 1 aromatic rings. The number of carbonyl (C=O) groups excluding carboxylic acids is 2. The van der Waals surface area contributed by atoms with Crippen LogP contribution < -0.4 is 10.2 Å². The first-order chi connectivity index (χ1) is 14.8. The van der Waals surface area contributed by atoms with E-state index in [0.717, 1.165) is 40.9 Å². The molecule has 0 bridgehead atoms. The minimum atomic E-state index is -0.374. The van der Waals surface area contributed by atoms with Crippen molar-refractivity contribution in [3.63, 3.8) is 0 Å². The Kier molecular flexibility index (Phi) is 7.04. The Hall–Kier alpha value is -3.23. The molecular weight excluding hydrogens is 386 g/mol. The summed E-state index contributed by atoms with van der Waals surface area (Å²) in [6.45, 7) is 8.12. The fourth-order valence-corrected chi connectivity index (χ4v) is 4.22. The van der Waals surface area contributed by atoms with Gasteiger partial charge < -0.3 is 5.32 Å². The van der Waals surface area contributed by atoms with Crippen LogP contribution in [0, 0.1) is 18.3 Å². The molecular formula is C26H29N3O2. The van der Waals surface area contributed by atoms with Crippen molar-refractivity contribution < 1.29 is 9.59 Å². The third kappa shape index (κ3) is 4.92. The van der Waals surface area contributed by atoms with Gasteiger partial charge in [0.05, 0.1) is 6.04 Å². The summed E-state index contributed by atoms with van der Waals surface area (Å²) in [4.78, 5) is 29.5. The van der Waals surface area contributed by atoms with Crippen LogP contribution in [0.3, 0.4) is 0 Å². The Morgan fingerprint density at radius 1 is 1.39 bits per heavy atom. The van der Waals surface area contributed by atoms with Gasteiger partial charge in [-0.05, 0) is 60.8 Å². The zero-order valence-corrected chi connectivity index (χ0v) is 18.4. The highest BCUT2D eigenvalue weighted by Crippen LogP contribution is 2.40. The zero-order chi connectivity index (χ0) is 22.5. The van der Waals surface area contributed by atoms with E-state index in [9.17, 15) is 9.59 Å². The SMILES string of the molecule is C#C[C@H]1CC(C=NC(C)=O)c2cc(C3=CC(=C)C(CCNC)C=C3)ccc2N1C(C)=O. The number of anilines is 1. The minimum Gasteiger partial charge on any atom is -0.320 e. The van der Waals surface area contributed by atoms with Crippen LogP contribution in [0.4, 0.5) is 5.69 Å². The van der Waals surface area contributed by atoms with Gasteiger partial charge in [0.15, 0.2) is 0 Å². The second-order valence-corrected chi connectivity index (χ2v) is 8.02. The largest absolute Gasteiger partial charge is 0.320 e. The van der Waals surface area contributed by atoms with E-state index in [1.54, 1.807) is 11.1 Å². The first kappa shape index (κ1) is 22.5. The van der Waals surface area contributed by atoms with E-state index in [4.69, 9.17) is 6.42 Å². The van der Waals surface area contributed by atoms with E-state index in [1.807, 2.05) is 19.2 Å². The van der Waals surface area contributed by atoms with Gasteiger partial charge in [-0.15, -0.1) is 6.42 Å². The van der Waals surface area contributed by atoms with E-state index in [1.165, 1.54) is 13.8 Å². The molecule has 0 saturated carbocycles. The minimum absolute atomic E-state index is 0.101. The predicted octanol–water partition coefficient (Wildman–Crippen LogP) is 3.88. The predicted molar refractivity (Wildman–Crippen MR) is 127 cm³/mol. The van der Waals surface area contributed by atoms with Crippen molar-refractivity contribution in [3.8, 4) is 12.3 Å². The van der Waals surface area contributed by atoms with E-state index < -0.39 is 0 Å². The van der Waals surface area contributed by atoms with Crippen LogP contribution in [0.15, 0.2) is 53.6 Å². The number of nitrogens with one attached hydrogen (secondary N) is 1. The van der Waals surface area contributed by atoms with Gasteiger partial charge in [-0.3, -0.25) is 14.5 Å². The van der Waals surface area contributed by atoms with Crippen molar-refractivity contribution in [2.45, 2.75) is 38.6 Å². The third-order valence-corrected chi connectivity index (χ3v) is 5.81. The Morgan fingerprint density at radius 2 is 2.16 bits per heavy atom. The molecule has 1 heterocycles. The molecule has 2 unspecified atom stereocenters. The zero-order valence-electron chi connectivity index (χ0n) is 18.4. The van der Waals surface area contributed by atoms with Crippen molar-refractivity contribution in [1.82, 2.24) is 5.32 Å². The van der Waals surface area contributed by atoms with Crippen LogP contribution in [0.5, 0.6) is 0 Å². The number of aliphatic imine (C=N–C) groups is 1. The lowest BCUT2D eigenvalue weighted by molar-refractivity contribution is -0.117. The molecule has 0 saturated heterocycles. The first-order valence-corrected chi connectivity index (χ1v) is 10.5. The summed E-state index contributed by atoms with van der Waals surface area (Å²) in [7, 11) is 1.95. The topological polar surface area (TPSA) is 61.8 Å². The number of allylic oxidation sites excluding steroid dienone is 5. The number of hydrogen-bond acceptors (Lipinski definition) is 3. The molecule has 5 heteroatoms. The second kappa shape index (κ2) is 9.72. The molecule has 3 atom stereocenters. The molecule has 1 aromatic carbocycles. The summed E-state index contributed by atoms with van der Waals surface area (Å²) in [5.74, 6) is 2.54. The summed E-state index contributed by atoms with van der Waals surface area (Å²) in [5.41, 5.74) is 4.91. The van der Waals surface area contributed by atoms with Crippen molar-refractivity contribution >= 4 is 29.3 Å². The summed E-state index contributed by atoms with van der Waals surface area (Å²) in [6, 6.07) is 5.64. The van der Waals surface area contributed by atoms with Gasteiger partial charge in [-0.2, -0.15) is 0 Å². The van der Waals surface area contributed by atoms with Gasteiger partial charge in [-0.25, -0.2) is 4.99 Å². The number of nitrogens with zero attached hydrogens (tertiary/aromatic N) is 2. The van der Waals surface area contributed by atoms with Gasteiger partial charge in [0, 0.05) is 37.6 Å². The summed E-state index contributed by atoms with van der Waals surface area (Å²) < 4.78 is 0. The van der Waals surface area contributed by atoms with Gasteiger partial charge in [0.2, 0.25) is 11.8 Å². The number of rotatable bonds is 5. The van der Waals surface area contributed by atoms with Crippen LogP contribution in [0.1, 0.15) is 43.7 Å². The number of fused-ring (bicyclic) bond motifs is 1. The second-order valence-electron chi connectivity index (χ2n) is 8.02. The summed E-state index contributed by atoms with van der Waals surface area (Å²) in [6.07, 6.45) is 15.4. The molecule has 2 aliphatic rings. The molecule has 0 aromatic heterocycles. The smallest absolute Gasteiger partial charge is 0.242 e. The lowest BCUT2D eigenvalue weighted by Crippen LogP contribution is -2.43. The Labute approximate surface area is 184 Å². The van der Waals surface area contributed by atoms with Crippen LogP contribution in [0.2, 0.25) is 0 Å². The fourth-order valence-electron chi connectivity index (χ4n) is 4.22. The standard InChI is InChI=1S/C26H29N3O2/c1-6-24-14-23(16-28-18(3)30)25-15-22(9-10-26(25)29(24)19(4)31)21-8-7-20(11-12-27-5)17(2)13-21/h1,7-10,13,15-16,20,23-24,27H,2,11-12,14H2,3-5H3/t20?,23?,24-/m0/s1. The Bertz CT molecular complexity index is 1030. The number of carbonyl (C=O) groups is 2. The van der Waals surface area contributed by atoms with Gasteiger partial charge in [0.25, 0.3) is 0 Å². The molecule has 0 radical (unpaired) electrons. The van der Waals surface area contributed by atoms with Crippen molar-refractivity contribution in [1.29, 1.82) is 0 Å². The number of amides is 2. The first-order valence-electron chi connectivity index (χ1n) is 10.5. The average molecular weight is 416 g/mol. The molecule has 2 amide bonds. The van der Waals surface area contributed by atoms with Gasteiger partial charge in [-0.1, -0.05) is 36.8 Å². The maximum atomic E-state index is 12.4. The van der Waals surface area contributed by atoms with Crippen molar-refractivity contribution in [2.75, 3.05) is 18.5 Å². The molecule has 0 fully saturated rings. The van der Waals surface area contributed by atoms with Crippen molar-refractivity contribution in [2.24, 2.45) is 10.9 Å². The van der Waals surface area contributed by atoms with E-state index in [-0.39, 0.29) is 23.8 Å². The van der Waals surface area contributed by atoms with Crippen LogP contribution >= 0.6 is 0 Å². The van der Waals surface area contributed by atoms with Crippen LogP contribution in [-0.4, -0.2) is 37.7 Å². The summed E-state index contributed by atoms with van der Waals surface area (Å²) >= 11 is 0. The summed E-state index contributed by atoms with van der Waals surface area (Å²) in [5, 5.41) is 3.18. The molecule has 1 aliphatic heterocycles. The quantitative estimate of drug-likeness (QED) is 0.586. The monoisotopic (exact) mass is 415 g/mol. The highest BCUT2D eigenvalue weighted by Gasteiger charge is 2.33. The molecule has 160 valence electrons. The molecule has 31 heavy (non-hydrogen) atoms. The van der Waals surface area contributed by atoms with E-state index in [0.29, 0.717) is 12.3 Å². The van der Waals surface area contributed by atoms with E-state index >= 15 is 0 Å². The highest BCUT2D eigenvalue weighted by atomic mass is 16.2. The Balaban J connectivity index is 2.01. The van der Waals surface area contributed by atoms with E-state index in [2.05, 4.69) is 47.1 Å². The van der Waals surface area contributed by atoms with Crippen LogP contribution in [0.25, 0.3) is 5.57 Å². The lowest BCUT2D eigenvalue weighted by atomic mass is 9.83. The maximum absolute atomic E-state index is 12.4. The fraction of sp³-hybridized carbons (Fsp3) is 0.346. The molecule has 0 spiro atoms. The van der Waals surface area contributed by atoms with Crippen molar-refractivity contribution in [3.05, 3.63) is 59.7 Å². The molecule has 3 rings (SSSR count). The highest BCUT2D eigenvalue weighted by molar-refractivity contribution is 5.97. The van der Waals surface area contributed by atoms with Gasteiger partial charge >= 0.3 is 0 Å². The molecule has 1 N–H and O–H groups in total. The Morgan fingerprint density at radius 3 is 2.77 bits per heavy atom. The maximum Gasteiger partial charge on any atom is 0.242 e.